The van der Waals surface area contributed by atoms with Crippen LogP contribution >= 0.6 is 11.8 Å². The van der Waals surface area contributed by atoms with Crippen LogP contribution in [0.25, 0.3) is 0 Å². The third-order valence-electron chi connectivity index (χ3n) is 2.41. The van der Waals surface area contributed by atoms with Crippen LogP contribution in [0, 0.1) is 13.8 Å². The van der Waals surface area contributed by atoms with Crippen molar-refractivity contribution in [1.29, 1.82) is 0 Å². The van der Waals surface area contributed by atoms with Gasteiger partial charge >= 0.3 is 0 Å². The predicted octanol–water partition coefficient (Wildman–Crippen LogP) is 2.08. The van der Waals surface area contributed by atoms with Crippen LogP contribution in [0.1, 0.15) is 24.2 Å². The number of nitrogens with two attached hydrogens (primary N) is 1. The maximum absolute atomic E-state index is 5.51. The number of nitrogens with zero attached hydrogens (tertiary/aromatic N) is 3. The summed E-state index contributed by atoms with van der Waals surface area (Å²) in [5.74, 6) is 7.51. The number of rotatable bonds is 4. The second-order valence-electron chi connectivity index (χ2n) is 3.73. The zero-order valence-electron chi connectivity index (χ0n) is 10.5. The molecule has 0 saturated carbocycles. The van der Waals surface area contributed by atoms with Crippen molar-refractivity contribution in [1.82, 2.24) is 15.0 Å². The quantitative estimate of drug-likeness (QED) is 0.497. The lowest BCUT2D eigenvalue weighted by molar-refractivity contribution is 0.431. The molecule has 18 heavy (non-hydrogen) atoms. The largest absolute Gasteiger partial charge is 0.436 e. The molecule has 0 aliphatic heterocycles. The first kappa shape index (κ1) is 12.8. The van der Waals surface area contributed by atoms with E-state index in [-0.39, 0.29) is 0 Å². The van der Waals surface area contributed by atoms with Gasteiger partial charge in [-0.3, -0.25) is 0 Å². The molecule has 0 fully saturated rings. The number of nitrogens with one attached hydrogen (secondary N) is 1. The minimum absolute atomic E-state index is 0.578. The smallest absolute Gasteiger partial charge is 0.262 e. The molecule has 3 N–H and O–H groups in total. The Morgan fingerprint density at radius 1 is 1.33 bits per heavy atom. The highest BCUT2D eigenvalue weighted by molar-refractivity contribution is 7.99. The van der Waals surface area contributed by atoms with E-state index >= 15 is 0 Å². The van der Waals surface area contributed by atoms with Gasteiger partial charge in [0.2, 0.25) is 0 Å². The summed E-state index contributed by atoms with van der Waals surface area (Å²) in [6.07, 6.45) is 0.743. The van der Waals surface area contributed by atoms with Gasteiger partial charge in [0.1, 0.15) is 22.4 Å². The van der Waals surface area contributed by atoms with Gasteiger partial charge in [-0.15, -0.1) is 0 Å². The van der Waals surface area contributed by atoms with Gasteiger partial charge in [0.05, 0.1) is 5.69 Å². The van der Waals surface area contributed by atoms with Crippen LogP contribution in [0.3, 0.4) is 0 Å². The number of nitrogen functional groups attached to an aromatic ring is 1. The van der Waals surface area contributed by atoms with Gasteiger partial charge in [0, 0.05) is 12.5 Å². The molecular weight excluding hydrogens is 250 g/mol. The molecule has 0 amide bonds. The maximum atomic E-state index is 5.51. The first-order valence-electron chi connectivity index (χ1n) is 5.58. The topological polar surface area (TPSA) is 89.9 Å². The van der Waals surface area contributed by atoms with E-state index in [1.165, 1.54) is 11.8 Å². The average molecular weight is 265 g/mol. The Labute approximate surface area is 109 Å². The molecule has 0 radical (unpaired) electrons. The SMILES string of the molecule is CCc1nc(NN)cc(Sc2nc(C)c(C)o2)n1. The fraction of sp³-hybridized carbons (Fsp3) is 0.364. The number of hydrogen-bond donors (Lipinski definition) is 2. The molecule has 7 heteroatoms. The summed E-state index contributed by atoms with van der Waals surface area (Å²) >= 11 is 1.36. The summed E-state index contributed by atoms with van der Waals surface area (Å²) in [5, 5.41) is 1.34. The molecule has 0 aromatic carbocycles. The lowest BCUT2D eigenvalue weighted by Crippen LogP contribution is -2.10. The second-order valence-corrected chi connectivity index (χ2v) is 4.70. The fourth-order valence-electron chi connectivity index (χ4n) is 1.33. The first-order valence-corrected chi connectivity index (χ1v) is 6.40. The Hall–Kier alpha value is -1.60. The normalized spacial score (nSPS) is 10.7. The van der Waals surface area contributed by atoms with E-state index in [9.17, 15) is 0 Å². The molecule has 2 aromatic heterocycles. The van der Waals surface area contributed by atoms with Crippen molar-refractivity contribution in [3.8, 4) is 0 Å². The minimum Gasteiger partial charge on any atom is -0.436 e. The van der Waals surface area contributed by atoms with Gasteiger partial charge in [0.15, 0.2) is 0 Å². The van der Waals surface area contributed by atoms with Crippen LogP contribution in [0.15, 0.2) is 20.7 Å². The minimum atomic E-state index is 0.578. The predicted molar refractivity (Wildman–Crippen MR) is 69.3 cm³/mol. The molecule has 6 nitrogen and oxygen atoms in total. The number of oxazole rings is 1. The van der Waals surface area contributed by atoms with Crippen LogP contribution < -0.4 is 11.3 Å². The third-order valence-corrected chi connectivity index (χ3v) is 3.18. The Morgan fingerprint density at radius 2 is 2.11 bits per heavy atom. The molecule has 0 spiro atoms. The van der Waals surface area contributed by atoms with E-state index < -0.39 is 0 Å². The molecule has 2 rings (SSSR count). The standard InChI is InChI=1S/C11H15N5OS/c1-4-8-14-9(16-12)5-10(15-8)18-11-13-6(2)7(3)17-11/h5H,4,12H2,1-3H3,(H,14,15,16). The van der Waals surface area contributed by atoms with Crippen LogP contribution in [-0.4, -0.2) is 15.0 Å². The van der Waals surface area contributed by atoms with Crippen LogP contribution in [0.4, 0.5) is 5.82 Å². The van der Waals surface area contributed by atoms with Gasteiger partial charge in [0.25, 0.3) is 5.22 Å². The summed E-state index contributed by atoms with van der Waals surface area (Å²) in [6.45, 7) is 5.79. The highest BCUT2D eigenvalue weighted by Gasteiger charge is 2.10. The highest BCUT2D eigenvalue weighted by atomic mass is 32.2. The van der Waals surface area contributed by atoms with Crippen molar-refractivity contribution in [2.75, 3.05) is 5.43 Å². The monoisotopic (exact) mass is 265 g/mol. The molecule has 0 saturated heterocycles. The summed E-state index contributed by atoms with van der Waals surface area (Å²) in [4.78, 5) is 12.9. The Morgan fingerprint density at radius 3 is 2.67 bits per heavy atom. The summed E-state index contributed by atoms with van der Waals surface area (Å²) in [7, 11) is 0. The molecule has 2 heterocycles. The van der Waals surface area contributed by atoms with Crippen LogP contribution in [-0.2, 0) is 6.42 Å². The molecule has 96 valence electrons. The summed E-state index contributed by atoms with van der Waals surface area (Å²) in [6, 6.07) is 1.76. The van der Waals surface area contributed by atoms with E-state index in [4.69, 9.17) is 10.3 Å². The van der Waals surface area contributed by atoms with Crippen LogP contribution in [0.5, 0.6) is 0 Å². The molecule has 0 unspecified atom stereocenters. The van der Waals surface area contributed by atoms with Crippen molar-refractivity contribution in [2.45, 2.75) is 37.4 Å². The number of aromatic nitrogens is 3. The summed E-state index contributed by atoms with van der Waals surface area (Å²) < 4.78 is 5.51. The number of anilines is 1. The second kappa shape index (κ2) is 5.36. The van der Waals surface area contributed by atoms with E-state index in [2.05, 4.69) is 20.4 Å². The van der Waals surface area contributed by atoms with Crippen molar-refractivity contribution in [3.63, 3.8) is 0 Å². The number of hydrogen-bond acceptors (Lipinski definition) is 7. The molecular formula is C11H15N5OS. The Kier molecular flexibility index (Phi) is 3.83. The number of hydrazine groups is 1. The van der Waals surface area contributed by atoms with E-state index in [1.807, 2.05) is 20.8 Å². The zero-order valence-corrected chi connectivity index (χ0v) is 11.3. The molecule has 0 aliphatic rings. The van der Waals surface area contributed by atoms with Crippen molar-refractivity contribution in [3.05, 3.63) is 23.3 Å². The van der Waals surface area contributed by atoms with Gasteiger partial charge in [-0.2, -0.15) is 0 Å². The van der Waals surface area contributed by atoms with Gasteiger partial charge in [-0.05, 0) is 25.6 Å². The lowest BCUT2D eigenvalue weighted by atomic mass is 10.4. The van der Waals surface area contributed by atoms with Gasteiger partial charge in [-0.1, -0.05) is 6.92 Å². The average Bonchev–Trinajstić information content (AvgIpc) is 2.67. The van der Waals surface area contributed by atoms with Crippen molar-refractivity contribution >= 4 is 17.6 Å². The third kappa shape index (κ3) is 2.80. The molecule has 2 aromatic rings. The maximum Gasteiger partial charge on any atom is 0.262 e. The fourth-order valence-corrected chi connectivity index (χ4v) is 2.18. The molecule has 0 bridgehead atoms. The van der Waals surface area contributed by atoms with Gasteiger partial charge < -0.3 is 9.84 Å². The number of aryl methyl sites for hydroxylation is 3. The van der Waals surface area contributed by atoms with E-state index in [0.717, 1.165) is 28.7 Å². The highest BCUT2D eigenvalue weighted by Crippen LogP contribution is 2.28. The molecule has 0 aliphatic carbocycles. The lowest BCUT2D eigenvalue weighted by Gasteiger charge is -2.04. The zero-order chi connectivity index (χ0) is 13.1. The van der Waals surface area contributed by atoms with Crippen molar-refractivity contribution in [2.24, 2.45) is 5.84 Å². The van der Waals surface area contributed by atoms with Crippen LogP contribution in [0.2, 0.25) is 0 Å². The summed E-state index contributed by atoms with van der Waals surface area (Å²) in [5.41, 5.74) is 3.42. The van der Waals surface area contributed by atoms with Crippen molar-refractivity contribution < 1.29 is 4.42 Å². The van der Waals surface area contributed by atoms with E-state index in [0.29, 0.717) is 11.0 Å². The molecule has 0 atom stereocenters. The van der Waals surface area contributed by atoms with E-state index in [1.54, 1.807) is 6.07 Å². The first-order chi connectivity index (χ1) is 8.62. The Bertz CT molecular complexity index is 513. The van der Waals surface area contributed by atoms with Gasteiger partial charge in [-0.25, -0.2) is 20.8 Å². The Balaban J connectivity index is 2.27.